The fraction of sp³-hybridized carbons (Fsp3) is 1.00. The van der Waals surface area contributed by atoms with Crippen LogP contribution in [0.15, 0.2) is 0 Å². The summed E-state index contributed by atoms with van der Waals surface area (Å²) in [4.78, 5) is 0. The minimum absolute atomic E-state index is 0.0625. The summed E-state index contributed by atoms with van der Waals surface area (Å²) in [6.07, 6.45) is 0. The van der Waals surface area contributed by atoms with Crippen molar-refractivity contribution in [2.75, 3.05) is 5.33 Å². The van der Waals surface area contributed by atoms with Crippen LogP contribution in [0.2, 0.25) is 0 Å². The van der Waals surface area contributed by atoms with Crippen LogP contribution in [0.5, 0.6) is 0 Å². The Kier molecular flexibility index (Phi) is 5.57. The Labute approximate surface area is 80.4 Å². The van der Waals surface area contributed by atoms with Crippen molar-refractivity contribution in [3.05, 3.63) is 0 Å². The maximum absolute atomic E-state index is 5.63. The summed E-state index contributed by atoms with van der Waals surface area (Å²) < 4.78 is 0.0625. The van der Waals surface area contributed by atoms with Crippen molar-refractivity contribution < 1.29 is 0 Å². The number of hydrogen-bond donors (Lipinski definition) is 0. The third kappa shape index (κ3) is 4.23. The first-order chi connectivity index (χ1) is 3.48. The fourth-order valence-electron chi connectivity index (χ4n) is 0.0875. The molecule has 0 N–H and O–H groups in total. The summed E-state index contributed by atoms with van der Waals surface area (Å²) in [5.74, 6) is 0. The van der Waals surface area contributed by atoms with Crippen molar-refractivity contribution >= 4 is 72.4 Å². The molecular weight excluding hydrogens is 363 g/mol. The van der Waals surface area contributed by atoms with Gasteiger partial charge in [0.2, 0.25) is 0 Å². The van der Waals surface area contributed by atoms with E-state index in [4.69, 9.17) is 30.0 Å². The summed E-state index contributed by atoms with van der Waals surface area (Å²) in [7, 11) is 14.0. The van der Waals surface area contributed by atoms with Gasteiger partial charge < -0.3 is 0 Å². The minimum atomic E-state index is -2.92. The van der Waals surface area contributed by atoms with Gasteiger partial charge in [0.15, 0.2) is 0 Å². The normalized spacial score (nSPS) is 16.1. The zero-order chi connectivity index (χ0) is 6.78. The number of halogens is 5. The van der Waals surface area contributed by atoms with Gasteiger partial charge >= 0.3 is 81.4 Å². The molecule has 0 radical (unpaired) electrons. The van der Waals surface area contributed by atoms with Crippen LogP contribution in [0, 0.1) is 0 Å². The molecule has 0 amide bonds. The van der Waals surface area contributed by atoms with Crippen molar-refractivity contribution in [3.63, 3.8) is 0 Å². The Morgan fingerprint density at radius 3 is 1.75 bits per heavy atom. The average Bonchev–Trinajstić information content (AvgIpc) is 1.62. The average molecular weight is 366 g/mol. The molecule has 0 rings (SSSR count). The molecule has 0 saturated carbocycles. The van der Waals surface area contributed by atoms with Crippen LogP contribution < -0.4 is 0 Å². The van der Waals surface area contributed by atoms with Crippen LogP contribution in [0.25, 0.3) is 0 Å². The van der Waals surface area contributed by atoms with Crippen molar-refractivity contribution in [2.45, 2.75) is 3.66 Å². The Bertz CT molecular complexity index is 72.2. The molecule has 0 aromatic rings. The summed E-state index contributed by atoms with van der Waals surface area (Å²) >= 11 is 6.44. The van der Waals surface area contributed by atoms with E-state index in [1.54, 1.807) is 0 Å². The van der Waals surface area contributed by atoms with E-state index in [2.05, 4.69) is 31.9 Å². The summed E-state index contributed by atoms with van der Waals surface area (Å²) in [5.41, 5.74) is 0. The van der Waals surface area contributed by atoms with Crippen LogP contribution >= 0.6 is 61.9 Å². The van der Waals surface area contributed by atoms with Gasteiger partial charge in [-0.2, -0.15) is 0 Å². The van der Waals surface area contributed by atoms with Gasteiger partial charge in [-0.1, -0.05) is 0 Å². The molecule has 0 aliphatic heterocycles. The van der Waals surface area contributed by atoms with E-state index in [0.717, 1.165) is 0 Å². The second kappa shape index (κ2) is 4.29. The molecule has 0 nitrogen and oxygen atoms in total. The molecule has 0 heterocycles. The fourth-order valence-corrected chi connectivity index (χ4v) is 7.09. The molecule has 0 aliphatic rings. The molecule has 0 bridgehead atoms. The first-order valence-electron chi connectivity index (χ1n) is 1.75. The summed E-state index contributed by atoms with van der Waals surface area (Å²) in [6.45, 7) is 0. The monoisotopic (exact) mass is 364 g/mol. The molecule has 8 heavy (non-hydrogen) atoms. The molecule has 1 unspecified atom stereocenters. The van der Waals surface area contributed by atoms with Crippen molar-refractivity contribution in [1.82, 2.24) is 0 Å². The summed E-state index contributed by atoms with van der Waals surface area (Å²) in [6, 6.07) is 0. The third-order valence-corrected chi connectivity index (χ3v) is 17.3. The van der Waals surface area contributed by atoms with Gasteiger partial charge in [-0.25, -0.2) is 0 Å². The standard InChI is InChI=1S/C2H3Br2Cl3Ge/c3-1-2(4)8(5,6)7/h2H,1H2. The van der Waals surface area contributed by atoms with Gasteiger partial charge in [0, 0.05) is 0 Å². The molecule has 0 aromatic carbocycles. The molecule has 0 aliphatic carbocycles. The predicted octanol–water partition coefficient (Wildman–Crippen LogP) is 3.34. The molecule has 50 valence electrons. The van der Waals surface area contributed by atoms with Gasteiger partial charge in [-0.05, 0) is 0 Å². The number of hydrogen-bond acceptors (Lipinski definition) is 0. The van der Waals surface area contributed by atoms with Gasteiger partial charge in [-0.15, -0.1) is 0 Å². The SMILES string of the molecule is [Cl][Ge]([Cl])([Cl])[CH](Br)CBr. The molecule has 0 saturated heterocycles. The molecular formula is C2H3Br2Cl3Ge. The second-order valence-corrected chi connectivity index (χ2v) is 20.7. The zero-order valence-electron chi connectivity index (χ0n) is 3.67. The van der Waals surface area contributed by atoms with Crippen LogP contribution in [0.3, 0.4) is 0 Å². The third-order valence-electron chi connectivity index (χ3n) is 0.491. The van der Waals surface area contributed by atoms with Gasteiger partial charge in [0.25, 0.3) is 0 Å². The molecule has 0 spiro atoms. The summed E-state index contributed by atoms with van der Waals surface area (Å²) in [5, 5.41) is 0.712. The molecule has 1 atom stereocenters. The quantitative estimate of drug-likeness (QED) is 0.520. The first kappa shape index (κ1) is 10.4. The van der Waals surface area contributed by atoms with Crippen LogP contribution in [0.4, 0.5) is 0 Å². The van der Waals surface area contributed by atoms with Crippen LogP contribution in [-0.4, -0.2) is 19.5 Å². The van der Waals surface area contributed by atoms with Gasteiger partial charge in [0.05, 0.1) is 0 Å². The van der Waals surface area contributed by atoms with Crippen molar-refractivity contribution in [2.24, 2.45) is 0 Å². The van der Waals surface area contributed by atoms with E-state index in [1.807, 2.05) is 0 Å². The Hall–Kier alpha value is 2.37. The van der Waals surface area contributed by atoms with E-state index >= 15 is 0 Å². The van der Waals surface area contributed by atoms with E-state index in [1.165, 1.54) is 0 Å². The molecule has 0 aromatic heterocycles. The predicted molar refractivity (Wildman–Crippen MR) is 49.8 cm³/mol. The van der Waals surface area contributed by atoms with Crippen LogP contribution in [0.1, 0.15) is 0 Å². The van der Waals surface area contributed by atoms with E-state index in [-0.39, 0.29) is 3.66 Å². The Morgan fingerprint density at radius 1 is 1.38 bits per heavy atom. The second-order valence-electron chi connectivity index (χ2n) is 1.16. The molecule has 0 fully saturated rings. The Morgan fingerprint density at radius 2 is 1.75 bits per heavy atom. The van der Waals surface area contributed by atoms with E-state index in [9.17, 15) is 0 Å². The topological polar surface area (TPSA) is 0 Å². The van der Waals surface area contributed by atoms with Crippen molar-refractivity contribution in [1.29, 1.82) is 0 Å². The van der Waals surface area contributed by atoms with Crippen LogP contribution in [-0.2, 0) is 0 Å². The first-order valence-corrected chi connectivity index (χ1v) is 13.3. The van der Waals surface area contributed by atoms with E-state index in [0.29, 0.717) is 5.33 Å². The number of rotatable bonds is 2. The zero-order valence-corrected chi connectivity index (χ0v) is 11.2. The number of alkyl halides is 2. The maximum atomic E-state index is 5.63. The van der Waals surface area contributed by atoms with Gasteiger partial charge in [-0.3, -0.25) is 0 Å². The van der Waals surface area contributed by atoms with Crippen molar-refractivity contribution in [3.8, 4) is 0 Å². The van der Waals surface area contributed by atoms with Gasteiger partial charge in [0.1, 0.15) is 0 Å². The van der Waals surface area contributed by atoms with E-state index < -0.39 is 10.5 Å². The molecule has 6 heteroatoms. The Balaban J connectivity index is 3.62.